The van der Waals surface area contributed by atoms with Crippen LogP contribution >= 0.6 is 0 Å². The number of halogens is 3. The van der Waals surface area contributed by atoms with E-state index in [-0.39, 0.29) is 12.6 Å². The van der Waals surface area contributed by atoms with E-state index in [2.05, 4.69) is 15.1 Å². The molecule has 2 aromatic rings. The van der Waals surface area contributed by atoms with Gasteiger partial charge in [0.1, 0.15) is 6.61 Å². The minimum absolute atomic E-state index is 0.0331. The zero-order chi connectivity index (χ0) is 15.3. The van der Waals surface area contributed by atoms with E-state index in [1.165, 1.54) is 0 Å². The highest BCUT2D eigenvalue weighted by Crippen LogP contribution is 2.21. The SMILES string of the molecule is NNC(CCOCC(F)(F)F)c1ccc2cccnc2c1. The van der Waals surface area contributed by atoms with E-state index in [0.717, 1.165) is 16.5 Å². The summed E-state index contributed by atoms with van der Waals surface area (Å²) in [7, 11) is 0. The van der Waals surface area contributed by atoms with Gasteiger partial charge in [-0.3, -0.25) is 16.3 Å². The van der Waals surface area contributed by atoms with Crippen LogP contribution in [0.2, 0.25) is 0 Å². The molecule has 1 heterocycles. The molecule has 21 heavy (non-hydrogen) atoms. The highest BCUT2D eigenvalue weighted by molar-refractivity contribution is 5.78. The van der Waals surface area contributed by atoms with Crippen LogP contribution in [0.25, 0.3) is 10.9 Å². The largest absolute Gasteiger partial charge is 0.411 e. The number of ether oxygens (including phenoxy) is 1. The number of aromatic nitrogens is 1. The molecule has 114 valence electrons. The molecule has 3 N–H and O–H groups in total. The third-order valence-corrected chi connectivity index (χ3v) is 3.05. The Balaban J connectivity index is 1.99. The predicted molar refractivity (Wildman–Crippen MR) is 73.3 cm³/mol. The monoisotopic (exact) mass is 299 g/mol. The number of pyridine rings is 1. The van der Waals surface area contributed by atoms with Gasteiger partial charge in [0.05, 0.1) is 5.52 Å². The first-order chi connectivity index (χ1) is 9.99. The molecule has 7 heteroatoms. The predicted octanol–water partition coefficient (Wildman–Crippen LogP) is 2.71. The minimum Gasteiger partial charge on any atom is -0.372 e. The molecule has 0 saturated heterocycles. The number of alkyl halides is 3. The Kier molecular flexibility index (Phi) is 5.11. The number of hydrogen-bond donors (Lipinski definition) is 2. The van der Waals surface area contributed by atoms with E-state index in [0.29, 0.717) is 6.42 Å². The Labute approximate surface area is 120 Å². The van der Waals surface area contributed by atoms with Gasteiger partial charge in [-0.25, -0.2) is 0 Å². The minimum atomic E-state index is -4.31. The lowest BCUT2D eigenvalue weighted by molar-refractivity contribution is -0.174. The summed E-state index contributed by atoms with van der Waals surface area (Å²) < 4.78 is 40.6. The van der Waals surface area contributed by atoms with Crippen molar-refractivity contribution in [1.29, 1.82) is 0 Å². The second-order valence-electron chi connectivity index (χ2n) is 4.63. The van der Waals surface area contributed by atoms with Gasteiger partial charge in [-0.15, -0.1) is 0 Å². The van der Waals surface area contributed by atoms with Crippen LogP contribution in [0.3, 0.4) is 0 Å². The standard InChI is InChI=1S/C14H16F3N3O/c15-14(16,17)9-21-7-5-12(20-18)11-4-3-10-2-1-6-19-13(10)8-11/h1-4,6,8,12,20H,5,7,9,18H2. The van der Waals surface area contributed by atoms with Gasteiger partial charge >= 0.3 is 6.18 Å². The molecule has 0 bridgehead atoms. The fourth-order valence-electron chi connectivity index (χ4n) is 2.04. The summed E-state index contributed by atoms with van der Waals surface area (Å²) in [5, 5.41) is 0.991. The first kappa shape index (κ1) is 15.7. The summed E-state index contributed by atoms with van der Waals surface area (Å²) in [6, 6.07) is 9.12. The van der Waals surface area contributed by atoms with Gasteiger partial charge in [0.25, 0.3) is 0 Å². The summed E-state index contributed by atoms with van der Waals surface area (Å²) >= 11 is 0. The van der Waals surface area contributed by atoms with Crippen LogP contribution in [-0.4, -0.2) is 24.4 Å². The van der Waals surface area contributed by atoms with E-state index < -0.39 is 12.8 Å². The molecule has 4 nitrogen and oxygen atoms in total. The number of benzene rings is 1. The highest BCUT2D eigenvalue weighted by atomic mass is 19.4. The first-order valence-corrected chi connectivity index (χ1v) is 6.45. The van der Waals surface area contributed by atoms with Crippen molar-refractivity contribution in [2.75, 3.05) is 13.2 Å². The molecule has 1 aromatic heterocycles. The fraction of sp³-hybridized carbons (Fsp3) is 0.357. The van der Waals surface area contributed by atoms with E-state index >= 15 is 0 Å². The maximum Gasteiger partial charge on any atom is 0.411 e. The molecule has 0 aliphatic heterocycles. The molecule has 0 fully saturated rings. The van der Waals surface area contributed by atoms with Gasteiger partial charge in [0.2, 0.25) is 0 Å². The van der Waals surface area contributed by atoms with Crippen molar-refractivity contribution in [2.24, 2.45) is 5.84 Å². The van der Waals surface area contributed by atoms with Gasteiger partial charge in [-0.1, -0.05) is 18.2 Å². The van der Waals surface area contributed by atoms with E-state index in [4.69, 9.17) is 5.84 Å². The van der Waals surface area contributed by atoms with Crippen LogP contribution in [0, 0.1) is 0 Å². The average molecular weight is 299 g/mol. The fourth-order valence-corrected chi connectivity index (χ4v) is 2.04. The van der Waals surface area contributed by atoms with Gasteiger partial charge in [0.15, 0.2) is 0 Å². The van der Waals surface area contributed by atoms with E-state index in [1.807, 2.05) is 30.3 Å². The quantitative estimate of drug-likeness (QED) is 0.489. The third kappa shape index (κ3) is 4.66. The van der Waals surface area contributed by atoms with E-state index in [9.17, 15) is 13.2 Å². The van der Waals surface area contributed by atoms with Crippen LogP contribution in [-0.2, 0) is 4.74 Å². The van der Waals surface area contributed by atoms with Crippen molar-refractivity contribution < 1.29 is 17.9 Å². The van der Waals surface area contributed by atoms with Crippen LogP contribution in [0.1, 0.15) is 18.0 Å². The number of nitrogens with zero attached hydrogens (tertiary/aromatic N) is 1. The van der Waals surface area contributed by atoms with Crippen LogP contribution in [0.15, 0.2) is 36.5 Å². The first-order valence-electron chi connectivity index (χ1n) is 6.45. The summed E-state index contributed by atoms with van der Waals surface area (Å²) in [6.07, 6.45) is -2.28. The molecule has 0 aliphatic rings. The number of rotatable bonds is 6. The van der Waals surface area contributed by atoms with Gasteiger partial charge in [-0.2, -0.15) is 13.2 Å². The number of hydrogen-bond acceptors (Lipinski definition) is 4. The lowest BCUT2D eigenvalue weighted by Crippen LogP contribution is -2.29. The molecular weight excluding hydrogens is 283 g/mol. The molecule has 2 rings (SSSR count). The Morgan fingerprint density at radius 3 is 2.81 bits per heavy atom. The Morgan fingerprint density at radius 1 is 1.29 bits per heavy atom. The summed E-state index contributed by atoms with van der Waals surface area (Å²) in [4.78, 5) is 4.24. The lowest BCUT2D eigenvalue weighted by atomic mass is 10.0. The molecule has 1 aromatic carbocycles. The second kappa shape index (κ2) is 6.84. The Hall–Kier alpha value is -1.70. The van der Waals surface area contributed by atoms with Crippen LogP contribution in [0.4, 0.5) is 13.2 Å². The second-order valence-corrected chi connectivity index (χ2v) is 4.63. The lowest BCUT2D eigenvalue weighted by Gasteiger charge is -2.17. The number of nitrogens with two attached hydrogens (primary N) is 1. The molecule has 0 saturated carbocycles. The molecule has 1 atom stereocenters. The van der Waals surface area contributed by atoms with Crippen molar-refractivity contribution in [1.82, 2.24) is 10.4 Å². The summed E-state index contributed by atoms with van der Waals surface area (Å²) in [6.45, 7) is -1.28. The van der Waals surface area contributed by atoms with Crippen LogP contribution in [0.5, 0.6) is 0 Å². The van der Waals surface area contributed by atoms with Crippen LogP contribution < -0.4 is 11.3 Å². The maximum atomic E-state index is 12.0. The highest BCUT2D eigenvalue weighted by Gasteiger charge is 2.27. The molecule has 0 radical (unpaired) electrons. The number of fused-ring (bicyclic) bond motifs is 1. The Bertz CT molecular complexity index is 589. The van der Waals surface area contributed by atoms with Gasteiger partial charge in [0, 0.05) is 24.2 Å². The summed E-state index contributed by atoms with van der Waals surface area (Å²) in [5.41, 5.74) is 4.26. The van der Waals surface area contributed by atoms with Crippen molar-refractivity contribution >= 4 is 10.9 Å². The number of nitrogens with one attached hydrogen (secondary N) is 1. The molecule has 0 spiro atoms. The molecular formula is C14H16F3N3O. The van der Waals surface area contributed by atoms with Gasteiger partial charge < -0.3 is 4.74 Å². The normalized spacial score (nSPS) is 13.5. The van der Waals surface area contributed by atoms with Crippen molar-refractivity contribution in [3.8, 4) is 0 Å². The molecule has 0 amide bonds. The Morgan fingerprint density at radius 2 is 2.10 bits per heavy atom. The van der Waals surface area contributed by atoms with Crippen molar-refractivity contribution in [3.63, 3.8) is 0 Å². The third-order valence-electron chi connectivity index (χ3n) is 3.05. The molecule has 1 unspecified atom stereocenters. The summed E-state index contributed by atoms with van der Waals surface area (Å²) in [5.74, 6) is 5.47. The average Bonchev–Trinajstić information content (AvgIpc) is 2.46. The zero-order valence-corrected chi connectivity index (χ0v) is 11.2. The van der Waals surface area contributed by atoms with Crippen molar-refractivity contribution in [2.45, 2.75) is 18.6 Å². The topological polar surface area (TPSA) is 60.2 Å². The zero-order valence-electron chi connectivity index (χ0n) is 11.2. The maximum absolute atomic E-state index is 12.0. The number of hydrazine groups is 1. The van der Waals surface area contributed by atoms with Gasteiger partial charge in [-0.05, 0) is 24.1 Å². The van der Waals surface area contributed by atoms with E-state index in [1.54, 1.807) is 6.20 Å². The van der Waals surface area contributed by atoms with Crippen molar-refractivity contribution in [3.05, 3.63) is 42.1 Å². The smallest absolute Gasteiger partial charge is 0.372 e. The molecule has 0 aliphatic carbocycles.